The summed E-state index contributed by atoms with van der Waals surface area (Å²) in [7, 11) is 0. The summed E-state index contributed by atoms with van der Waals surface area (Å²) in [4.78, 5) is 35.9. The molecule has 17 heteroatoms. The number of benzene rings is 1. The van der Waals surface area contributed by atoms with Crippen molar-refractivity contribution in [1.29, 1.82) is 0 Å². The summed E-state index contributed by atoms with van der Waals surface area (Å²) in [6.45, 7) is -0.169. The number of nitrogens with two attached hydrogens (primary N) is 1. The van der Waals surface area contributed by atoms with Gasteiger partial charge in [-0.3, -0.25) is 18.7 Å². The van der Waals surface area contributed by atoms with E-state index >= 15 is 4.39 Å². The number of anilines is 2. The molecule has 0 bridgehead atoms. The zero-order valence-electron chi connectivity index (χ0n) is 21.7. The van der Waals surface area contributed by atoms with E-state index in [1.165, 1.54) is 38.7 Å². The molecule has 1 aliphatic heterocycles. The second-order valence-corrected chi connectivity index (χ2v) is 9.31. The van der Waals surface area contributed by atoms with Crippen LogP contribution >= 0.6 is 0 Å². The second-order valence-electron chi connectivity index (χ2n) is 9.31. The van der Waals surface area contributed by atoms with Gasteiger partial charge in [-0.15, -0.1) is 0 Å². The molecule has 4 heterocycles. The summed E-state index contributed by atoms with van der Waals surface area (Å²) < 4.78 is 83.4. The summed E-state index contributed by atoms with van der Waals surface area (Å²) in [6, 6.07) is 3.77. The van der Waals surface area contributed by atoms with Crippen molar-refractivity contribution in [2.75, 3.05) is 38.0 Å². The molecule has 1 saturated heterocycles. The number of carbonyl (C=O) groups is 2. The monoisotopic (exact) mass is 595 g/mol. The van der Waals surface area contributed by atoms with Gasteiger partial charge in [0.05, 0.1) is 29.6 Å². The van der Waals surface area contributed by atoms with Crippen molar-refractivity contribution < 1.29 is 35.9 Å². The van der Waals surface area contributed by atoms with Gasteiger partial charge in [-0.05, 0) is 18.2 Å². The highest BCUT2D eigenvalue weighted by molar-refractivity contribution is 5.95. The number of hydrogen-bond acceptors (Lipinski definition) is 7. The minimum absolute atomic E-state index is 0.0523. The van der Waals surface area contributed by atoms with Crippen LogP contribution < -0.4 is 11.1 Å². The Morgan fingerprint density at radius 2 is 1.79 bits per heavy atom. The summed E-state index contributed by atoms with van der Waals surface area (Å²) >= 11 is 0. The van der Waals surface area contributed by atoms with Gasteiger partial charge in [0.15, 0.2) is 17.2 Å². The maximum Gasteiger partial charge on any atom is 0.435 e. The first kappa shape index (κ1) is 28.8. The number of rotatable bonds is 7. The van der Waals surface area contributed by atoms with Crippen molar-refractivity contribution in [3.8, 4) is 11.3 Å². The van der Waals surface area contributed by atoms with Gasteiger partial charge in [0.2, 0.25) is 5.91 Å². The lowest BCUT2D eigenvalue weighted by Crippen LogP contribution is -2.52. The normalized spacial score (nSPS) is 14.2. The molecular formula is C25H23F6N9O2. The van der Waals surface area contributed by atoms with E-state index in [1.807, 2.05) is 0 Å². The Labute approximate surface area is 233 Å². The Morgan fingerprint density at radius 1 is 1.07 bits per heavy atom. The lowest BCUT2D eigenvalue weighted by atomic mass is 10.1. The van der Waals surface area contributed by atoms with Crippen LogP contribution in [0.3, 0.4) is 0 Å². The SMILES string of the molecule is NCC(=O)N1CCN(C(=O)c2ccc(Nc3nccn4c(-c5cn(CC(F)F)nc5C(F)(F)F)cnc34)cc2F)CC1. The van der Waals surface area contributed by atoms with Gasteiger partial charge in [0, 0.05) is 50.5 Å². The van der Waals surface area contributed by atoms with E-state index in [1.54, 1.807) is 0 Å². The third-order valence-corrected chi connectivity index (χ3v) is 6.62. The van der Waals surface area contributed by atoms with Gasteiger partial charge in [0.1, 0.15) is 12.4 Å². The molecule has 0 spiro atoms. The van der Waals surface area contributed by atoms with Gasteiger partial charge in [-0.25, -0.2) is 23.1 Å². The number of fused-ring (bicyclic) bond motifs is 1. The van der Waals surface area contributed by atoms with E-state index in [0.29, 0.717) is 4.68 Å². The highest BCUT2D eigenvalue weighted by Crippen LogP contribution is 2.37. The predicted octanol–water partition coefficient (Wildman–Crippen LogP) is 3.00. The molecule has 0 radical (unpaired) electrons. The lowest BCUT2D eigenvalue weighted by Gasteiger charge is -2.34. The number of nitrogens with zero attached hydrogens (tertiary/aromatic N) is 7. The summed E-state index contributed by atoms with van der Waals surface area (Å²) in [5, 5.41) is 6.14. The fraction of sp³-hybridized carbons (Fsp3) is 0.320. The average molecular weight is 596 g/mol. The maximum absolute atomic E-state index is 15.0. The molecule has 0 saturated carbocycles. The summed E-state index contributed by atoms with van der Waals surface area (Å²) in [6.07, 6.45) is -3.26. The van der Waals surface area contributed by atoms with E-state index in [2.05, 4.69) is 20.4 Å². The van der Waals surface area contributed by atoms with Gasteiger partial charge in [0.25, 0.3) is 12.3 Å². The molecule has 222 valence electrons. The molecule has 0 atom stereocenters. The van der Waals surface area contributed by atoms with Crippen LogP contribution in [0, 0.1) is 5.82 Å². The second kappa shape index (κ2) is 11.3. The Hall–Kier alpha value is -4.67. The molecule has 1 fully saturated rings. The molecule has 5 rings (SSSR count). The quantitative estimate of drug-likeness (QED) is 0.315. The third kappa shape index (κ3) is 5.72. The first-order chi connectivity index (χ1) is 20.0. The highest BCUT2D eigenvalue weighted by Gasteiger charge is 2.38. The van der Waals surface area contributed by atoms with Crippen LogP contribution in [0.5, 0.6) is 0 Å². The topological polar surface area (TPSA) is 127 Å². The average Bonchev–Trinajstić information content (AvgIpc) is 3.57. The standard InChI is InChI=1S/C25H23F6N9O2/c26-17-9-14(1-2-15(17)24(42)38-7-5-37(6-8-38)20(41)10-32)35-22-23-34-11-18(40(23)4-3-33-22)16-12-39(13-19(27)28)36-21(16)25(29,30)31/h1-4,9,11-12,19H,5-8,10,13,32H2,(H,33,35). The van der Waals surface area contributed by atoms with Crippen LogP contribution in [0.25, 0.3) is 16.9 Å². The Bertz CT molecular complexity index is 1630. The molecular weight excluding hydrogens is 572 g/mol. The van der Waals surface area contributed by atoms with Gasteiger partial charge in [-0.2, -0.15) is 18.3 Å². The van der Waals surface area contributed by atoms with E-state index in [4.69, 9.17) is 5.73 Å². The fourth-order valence-electron chi connectivity index (χ4n) is 4.62. The van der Waals surface area contributed by atoms with Gasteiger partial charge < -0.3 is 20.9 Å². The number of piperazine rings is 1. The Balaban J connectivity index is 1.38. The highest BCUT2D eigenvalue weighted by atomic mass is 19.4. The molecule has 4 aromatic rings. The van der Waals surface area contributed by atoms with Crippen LogP contribution in [-0.2, 0) is 17.5 Å². The van der Waals surface area contributed by atoms with Crippen molar-refractivity contribution in [2.45, 2.75) is 19.1 Å². The van der Waals surface area contributed by atoms with E-state index in [-0.39, 0.29) is 67.0 Å². The van der Waals surface area contributed by atoms with Crippen molar-refractivity contribution in [3.63, 3.8) is 0 Å². The van der Waals surface area contributed by atoms with E-state index in [9.17, 15) is 31.5 Å². The number of nitrogens with one attached hydrogen (secondary N) is 1. The zero-order valence-corrected chi connectivity index (χ0v) is 21.7. The summed E-state index contributed by atoms with van der Waals surface area (Å²) in [5.74, 6) is -1.57. The number of hydrogen-bond donors (Lipinski definition) is 2. The molecule has 3 aromatic heterocycles. The lowest BCUT2D eigenvalue weighted by molar-refractivity contribution is -0.141. The van der Waals surface area contributed by atoms with Crippen molar-refractivity contribution >= 4 is 29.0 Å². The summed E-state index contributed by atoms with van der Waals surface area (Å²) in [5.41, 5.74) is 3.52. The van der Waals surface area contributed by atoms with Gasteiger partial charge >= 0.3 is 6.18 Å². The van der Waals surface area contributed by atoms with E-state index in [0.717, 1.165) is 18.5 Å². The first-order valence-electron chi connectivity index (χ1n) is 12.5. The minimum Gasteiger partial charge on any atom is -0.338 e. The smallest absolute Gasteiger partial charge is 0.338 e. The minimum atomic E-state index is -4.92. The van der Waals surface area contributed by atoms with Crippen LogP contribution in [-0.4, -0.2) is 84.9 Å². The molecule has 0 unspecified atom stereocenters. The number of carbonyl (C=O) groups excluding carboxylic acids is 2. The number of halogens is 6. The van der Waals surface area contributed by atoms with Crippen molar-refractivity contribution in [3.05, 3.63) is 60.1 Å². The molecule has 1 aromatic carbocycles. The Morgan fingerprint density at radius 3 is 2.43 bits per heavy atom. The predicted molar refractivity (Wildman–Crippen MR) is 136 cm³/mol. The van der Waals surface area contributed by atoms with Gasteiger partial charge in [-0.1, -0.05) is 0 Å². The molecule has 3 N–H and O–H groups in total. The van der Waals surface area contributed by atoms with Crippen LogP contribution in [0.15, 0.2) is 43.0 Å². The van der Waals surface area contributed by atoms with Crippen LogP contribution in [0.4, 0.5) is 37.8 Å². The number of aromatic nitrogens is 5. The zero-order chi connectivity index (χ0) is 30.2. The van der Waals surface area contributed by atoms with Crippen LogP contribution in [0.1, 0.15) is 16.1 Å². The van der Waals surface area contributed by atoms with Crippen LogP contribution in [0.2, 0.25) is 0 Å². The Kier molecular flexibility index (Phi) is 7.77. The van der Waals surface area contributed by atoms with E-state index < -0.39 is 42.1 Å². The van der Waals surface area contributed by atoms with Crippen molar-refractivity contribution in [1.82, 2.24) is 33.9 Å². The number of imidazole rings is 1. The maximum atomic E-state index is 15.0. The number of alkyl halides is 5. The molecule has 1 aliphatic rings. The largest absolute Gasteiger partial charge is 0.435 e. The van der Waals surface area contributed by atoms with Crippen molar-refractivity contribution in [2.24, 2.45) is 5.73 Å². The molecule has 11 nitrogen and oxygen atoms in total. The fourth-order valence-corrected chi connectivity index (χ4v) is 4.62. The first-order valence-corrected chi connectivity index (χ1v) is 12.5. The molecule has 2 amide bonds. The number of amides is 2. The third-order valence-electron chi connectivity index (χ3n) is 6.62. The molecule has 42 heavy (non-hydrogen) atoms. The molecule has 0 aliphatic carbocycles.